The monoisotopic (exact) mass is 437 g/mol. The summed E-state index contributed by atoms with van der Waals surface area (Å²) in [6.45, 7) is 6.92. The van der Waals surface area contributed by atoms with Gasteiger partial charge in [-0.3, -0.25) is 0 Å². The first kappa shape index (κ1) is 21.3. The van der Waals surface area contributed by atoms with Crippen molar-refractivity contribution in [1.29, 1.82) is 0 Å². The summed E-state index contributed by atoms with van der Waals surface area (Å²) < 4.78 is 4.73. The molecule has 5 rings (SSSR count). The topological polar surface area (TPSA) is 15.3 Å². The van der Waals surface area contributed by atoms with Gasteiger partial charge in [0.15, 0.2) is 16.6 Å². The molecule has 4 nitrogen and oxygen atoms in total. The zero-order chi connectivity index (χ0) is 23.3. The molecular weight excluding hydrogens is 404 g/mol. The van der Waals surface area contributed by atoms with E-state index < -0.39 is 5.54 Å². The van der Waals surface area contributed by atoms with Gasteiger partial charge in [0.1, 0.15) is 0 Å². The average molecular weight is 438 g/mol. The van der Waals surface area contributed by atoms with Crippen molar-refractivity contribution in [3.05, 3.63) is 102 Å². The number of aryl methyl sites for hydroxylation is 2. The highest BCUT2D eigenvalue weighted by molar-refractivity contribution is 5.73. The molecule has 33 heavy (non-hydrogen) atoms. The Morgan fingerprint density at radius 3 is 2.21 bits per heavy atom. The molecule has 0 bridgehead atoms. The lowest BCUT2D eigenvalue weighted by Crippen LogP contribution is -2.54. The quantitative estimate of drug-likeness (QED) is 0.402. The van der Waals surface area contributed by atoms with Gasteiger partial charge in [-0.1, -0.05) is 60.7 Å². The number of hydrogen-bond acceptors (Lipinski definition) is 2. The molecule has 1 aliphatic rings. The van der Waals surface area contributed by atoms with Crippen LogP contribution < -0.4 is 4.57 Å². The fourth-order valence-electron chi connectivity index (χ4n) is 5.75. The van der Waals surface area contributed by atoms with E-state index in [-0.39, 0.29) is 6.17 Å². The summed E-state index contributed by atoms with van der Waals surface area (Å²) >= 11 is 0. The van der Waals surface area contributed by atoms with E-state index in [2.05, 4.69) is 146 Å². The van der Waals surface area contributed by atoms with Gasteiger partial charge in [-0.25, -0.2) is 9.13 Å². The molecule has 2 heterocycles. The lowest BCUT2D eigenvalue weighted by molar-refractivity contribution is -0.659. The highest BCUT2D eigenvalue weighted by atomic mass is 15.4. The van der Waals surface area contributed by atoms with Crippen molar-refractivity contribution in [2.24, 2.45) is 14.1 Å². The van der Waals surface area contributed by atoms with Crippen LogP contribution in [-0.2, 0) is 19.6 Å². The minimum absolute atomic E-state index is 0.229. The molecule has 4 heteroatoms. The van der Waals surface area contributed by atoms with Crippen LogP contribution in [0.2, 0.25) is 0 Å². The summed E-state index contributed by atoms with van der Waals surface area (Å²) in [5.74, 6) is 1.25. The molecule has 0 radical (unpaired) electrons. The fourth-order valence-corrected chi connectivity index (χ4v) is 5.75. The Balaban J connectivity index is 1.83. The summed E-state index contributed by atoms with van der Waals surface area (Å²) in [5.41, 5.74) is 7.25. The predicted molar refractivity (Wildman–Crippen MR) is 135 cm³/mol. The van der Waals surface area contributed by atoms with Gasteiger partial charge >= 0.3 is 0 Å². The van der Waals surface area contributed by atoms with Crippen molar-refractivity contribution in [3.8, 4) is 11.1 Å². The van der Waals surface area contributed by atoms with Crippen LogP contribution in [0, 0.1) is 6.92 Å². The van der Waals surface area contributed by atoms with Crippen molar-refractivity contribution in [3.63, 3.8) is 0 Å². The maximum Gasteiger partial charge on any atom is 0.287 e. The summed E-state index contributed by atoms with van der Waals surface area (Å²) in [6, 6.07) is 26.1. The summed E-state index contributed by atoms with van der Waals surface area (Å²) in [4.78, 5) is 4.77. The molecule has 1 unspecified atom stereocenters. The molecule has 0 spiro atoms. The van der Waals surface area contributed by atoms with E-state index in [4.69, 9.17) is 0 Å². The van der Waals surface area contributed by atoms with E-state index in [1.807, 2.05) is 0 Å². The maximum atomic E-state index is 2.50. The van der Waals surface area contributed by atoms with Crippen LogP contribution in [0.1, 0.15) is 30.8 Å². The van der Waals surface area contributed by atoms with E-state index in [1.54, 1.807) is 0 Å². The Bertz CT molecular complexity index is 1310. The van der Waals surface area contributed by atoms with E-state index in [9.17, 15) is 0 Å². The van der Waals surface area contributed by atoms with Gasteiger partial charge in [-0.2, -0.15) is 0 Å². The van der Waals surface area contributed by atoms with Crippen LogP contribution in [0.4, 0.5) is 0 Å². The van der Waals surface area contributed by atoms with Crippen molar-refractivity contribution in [1.82, 2.24) is 14.4 Å². The number of imidazole rings is 1. The molecular formula is C29H33N4+. The minimum Gasteiger partial charge on any atom is -0.359 e. The molecule has 0 saturated heterocycles. The van der Waals surface area contributed by atoms with Crippen molar-refractivity contribution in [2.75, 3.05) is 7.05 Å². The molecule has 3 aromatic carbocycles. The largest absolute Gasteiger partial charge is 0.359 e. The van der Waals surface area contributed by atoms with Crippen molar-refractivity contribution < 1.29 is 4.57 Å². The number of aromatic nitrogens is 2. The number of para-hydroxylation sites is 2. The molecule has 0 aliphatic carbocycles. The number of fused-ring (bicyclic) bond motifs is 1. The normalized spacial score (nSPS) is 17.7. The second kappa shape index (κ2) is 7.80. The van der Waals surface area contributed by atoms with Crippen LogP contribution in [0.3, 0.4) is 0 Å². The van der Waals surface area contributed by atoms with Gasteiger partial charge in [0, 0.05) is 19.4 Å². The van der Waals surface area contributed by atoms with Crippen LogP contribution in [0.15, 0.2) is 85.2 Å². The van der Waals surface area contributed by atoms with Gasteiger partial charge in [-0.15, -0.1) is 0 Å². The first-order valence-electron chi connectivity index (χ1n) is 11.6. The third-order valence-electron chi connectivity index (χ3n) is 7.59. The fraction of sp³-hybridized carbons (Fsp3) is 0.276. The van der Waals surface area contributed by atoms with Gasteiger partial charge in [-0.05, 0) is 55.2 Å². The Hall–Kier alpha value is -3.53. The Labute approximate surface area is 197 Å². The minimum atomic E-state index is -0.391. The Morgan fingerprint density at radius 2 is 1.55 bits per heavy atom. The number of rotatable bonds is 4. The predicted octanol–water partition coefficient (Wildman–Crippen LogP) is 5.31. The molecule has 0 amide bonds. The summed E-state index contributed by atoms with van der Waals surface area (Å²) in [7, 11) is 6.54. The van der Waals surface area contributed by atoms with E-state index in [0.29, 0.717) is 0 Å². The Morgan fingerprint density at radius 1 is 0.848 bits per heavy atom. The molecule has 1 aromatic heterocycles. The summed E-state index contributed by atoms with van der Waals surface area (Å²) in [5, 5.41) is 0. The highest BCUT2D eigenvalue weighted by Gasteiger charge is 2.49. The zero-order valence-corrected chi connectivity index (χ0v) is 20.4. The van der Waals surface area contributed by atoms with Gasteiger partial charge < -0.3 is 9.80 Å². The zero-order valence-electron chi connectivity index (χ0n) is 20.4. The lowest BCUT2D eigenvalue weighted by Gasteiger charge is -2.42. The number of hydrogen-bond donors (Lipinski definition) is 0. The first-order chi connectivity index (χ1) is 15.9. The number of nitrogens with zero attached hydrogens (tertiary/aromatic N) is 4. The van der Waals surface area contributed by atoms with Gasteiger partial charge in [0.05, 0.1) is 20.3 Å². The Kier molecular flexibility index (Phi) is 5.04. The summed E-state index contributed by atoms with van der Waals surface area (Å²) in [6.07, 6.45) is 4.66. The second-order valence-corrected chi connectivity index (χ2v) is 9.35. The first-order valence-corrected chi connectivity index (χ1v) is 11.6. The molecule has 4 aromatic rings. The van der Waals surface area contributed by atoms with Gasteiger partial charge in [0.2, 0.25) is 0 Å². The lowest BCUT2D eigenvalue weighted by atomic mass is 9.82. The molecule has 2 atom stereocenters. The third kappa shape index (κ3) is 3.08. The second-order valence-electron chi connectivity index (χ2n) is 9.35. The molecule has 168 valence electrons. The molecule has 1 aliphatic heterocycles. The maximum absolute atomic E-state index is 2.50. The van der Waals surface area contributed by atoms with E-state index in [0.717, 1.165) is 0 Å². The smallest absolute Gasteiger partial charge is 0.287 e. The van der Waals surface area contributed by atoms with Crippen LogP contribution in [0.5, 0.6) is 0 Å². The number of benzene rings is 3. The van der Waals surface area contributed by atoms with Gasteiger partial charge in [0.25, 0.3) is 5.82 Å². The third-order valence-corrected chi connectivity index (χ3v) is 7.59. The standard InChI is InChI=1S/C29H33N4/c1-21-24(23-13-8-7-9-14-23)15-12-16-25(21)29(3,33-20-19-30(4)22(33)2)28-31(5)26-17-10-11-18-27(26)32(28)6/h7-20,22H,1-6H3/q+1/t22-,29?/m0/s1. The SMILES string of the molecule is Cc1c(-c2ccccc2)cccc1C(C)(c1n(C)c2ccccc2[n+]1C)N1C=CN(C)[C@@H]1C. The average Bonchev–Trinajstić information content (AvgIpc) is 3.30. The highest BCUT2D eigenvalue weighted by Crippen LogP contribution is 2.42. The van der Waals surface area contributed by atoms with Crippen LogP contribution in [-0.4, -0.2) is 27.6 Å². The molecule has 0 fully saturated rings. The van der Waals surface area contributed by atoms with Crippen LogP contribution in [0.25, 0.3) is 22.2 Å². The van der Waals surface area contributed by atoms with Crippen molar-refractivity contribution >= 4 is 11.0 Å². The van der Waals surface area contributed by atoms with E-state index >= 15 is 0 Å². The molecule has 0 N–H and O–H groups in total. The van der Waals surface area contributed by atoms with Crippen LogP contribution >= 0.6 is 0 Å². The van der Waals surface area contributed by atoms with E-state index in [1.165, 1.54) is 39.1 Å². The van der Waals surface area contributed by atoms with Crippen molar-refractivity contribution in [2.45, 2.75) is 32.5 Å². The molecule has 0 saturated carbocycles.